The van der Waals surface area contributed by atoms with Crippen LogP contribution in [0, 0.1) is 0 Å². The Morgan fingerprint density at radius 2 is 1.60 bits per heavy atom. The van der Waals surface area contributed by atoms with Crippen LogP contribution in [0.1, 0.15) is 53.9 Å². The Kier molecular flexibility index (Phi) is 3.83. The van der Waals surface area contributed by atoms with Gasteiger partial charge in [-0.25, -0.2) is 0 Å². The molecule has 1 heterocycles. The molecule has 0 aromatic heterocycles. The van der Waals surface area contributed by atoms with Gasteiger partial charge in [0.15, 0.2) is 0 Å². The summed E-state index contributed by atoms with van der Waals surface area (Å²) >= 11 is 0. The summed E-state index contributed by atoms with van der Waals surface area (Å²) in [5.41, 5.74) is 0.500. The normalized spacial score (nSPS) is 26.8. The molecule has 1 aliphatic rings. The van der Waals surface area contributed by atoms with Gasteiger partial charge in [0.25, 0.3) is 0 Å². The third-order valence-electron chi connectivity index (χ3n) is 3.83. The molecular weight excluding hydrogens is 186 g/mol. The van der Waals surface area contributed by atoms with Crippen molar-refractivity contribution in [2.24, 2.45) is 0 Å². The summed E-state index contributed by atoms with van der Waals surface area (Å²) in [5, 5.41) is 0. The van der Waals surface area contributed by atoms with Gasteiger partial charge in [-0.1, -0.05) is 6.92 Å². The van der Waals surface area contributed by atoms with Gasteiger partial charge in [-0.3, -0.25) is 4.90 Å². The Morgan fingerprint density at radius 1 is 1.13 bits per heavy atom. The molecule has 0 aromatic carbocycles. The molecule has 0 aliphatic carbocycles. The minimum absolute atomic E-state index is 0.250. The van der Waals surface area contributed by atoms with Crippen LogP contribution >= 0.6 is 0 Å². The van der Waals surface area contributed by atoms with Crippen molar-refractivity contribution in [1.29, 1.82) is 0 Å². The van der Waals surface area contributed by atoms with Crippen LogP contribution in [0.15, 0.2) is 0 Å². The summed E-state index contributed by atoms with van der Waals surface area (Å²) in [4.78, 5) is 2.49. The average Bonchev–Trinajstić information content (AvgIpc) is 2.10. The van der Waals surface area contributed by atoms with Gasteiger partial charge in [-0.15, -0.1) is 0 Å². The van der Waals surface area contributed by atoms with E-state index in [4.69, 9.17) is 4.74 Å². The van der Waals surface area contributed by atoms with Gasteiger partial charge in [0, 0.05) is 17.7 Å². The first-order chi connectivity index (χ1) is 6.79. The van der Waals surface area contributed by atoms with E-state index in [1.807, 2.05) is 0 Å². The Labute approximate surface area is 95.0 Å². The van der Waals surface area contributed by atoms with Crippen LogP contribution in [-0.4, -0.2) is 35.7 Å². The second-order valence-electron chi connectivity index (χ2n) is 6.08. The second-order valence-corrected chi connectivity index (χ2v) is 6.08. The van der Waals surface area contributed by atoms with E-state index in [1.54, 1.807) is 0 Å². The first-order valence-electron chi connectivity index (χ1n) is 6.15. The van der Waals surface area contributed by atoms with E-state index in [1.165, 1.54) is 0 Å². The Hall–Kier alpha value is -0.0800. The molecule has 2 nitrogen and oxygen atoms in total. The highest BCUT2D eigenvalue weighted by atomic mass is 16.5. The summed E-state index contributed by atoms with van der Waals surface area (Å²) in [7, 11) is 2.23. The van der Waals surface area contributed by atoms with Crippen molar-refractivity contribution in [2.45, 2.75) is 71.1 Å². The van der Waals surface area contributed by atoms with Crippen LogP contribution in [0.5, 0.6) is 0 Å². The molecule has 0 spiro atoms. The summed E-state index contributed by atoms with van der Waals surface area (Å²) in [5.74, 6) is 0. The standard InChI is InChI=1S/C13H27NO/c1-7-8-15-11-9-12(2,3)14(6)13(4,5)10-11/h11H,7-10H2,1-6H3. The fourth-order valence-corrected chi connectivity index (χ4v) is 2.68. The molecule has 0 atom stereocenters. The highest BCUT2D eigenvalue weighted by Crippen LogP contribution is 2.37. The fourth-order valence-electron chi connectivity index (χ4n) is 2.68. The van der Waals surface area contributed by atoms with Crippen molar-refractivity contribution in [2.75, 3.05) is 13.7 Å². The lowest BCUT2D eigenvalue weighted by molar-refractivity contribution is -0.0911. The van der Waals surface area contributed by atoms with Gasteiger partial charge in [0.05, 0.1) is 6.10 Å². The van der Waals surface area contributed by atoms with Crippen LogP contribution in [0.25, 0.3) is 0 Å². The maximum absolute atomic E-state index is 5.93. The van der Waals surface area contributed by atoms with Crippen molar-refractivity contribution >= 4 is 0 Å². The topological polar surface area (TPSA) is 12.5 Å². The van der Waals surface area contributed by atoms with E-state index < -0.39 is 0 Å². The lowest BCUT2D eigenvalue weighted by atomic mass is 9.79. The van der Waals surface area contributed by atoms with Crippen molar-refractivity contribution in [3.8, 4) is 0 Å². The van der Waals surface area contributed by atoms with Gasteiger partial charge in [0.1, 0.15) is 0 Å². The molecule has 1 fully saturated rings. The lowest BCUT2D eigenvalue weighted by Crippen LogP contribution is -2.60. The van der Waals surface area contributed by atoms with E-state index in [2.05, 4.69) is 46.6 Å². The van der Waals surface area contributed by atoms with Crippen molar-refractivity contribution in [3.63, 3.8) is 0 Å². The summed E-state index contributed by atoms with van der Waals surface area (Å²) in [6.07, 6.45) is 3.85. The number of ether oxygens (including phenoxy) is 1. The smallest absolute Gasteiger partial charge is 0.0610 e. The van der Waals surface area contributed by atoms with Gasteiger partial charge in [-0.05, 0) is 54.0 Å². The maximum Gasteiger partial charge on any atom is 0.0610 e. The third-order valence-corrected chi connectivity index (χ3v) is 3.83. The largest absolute Gasteiger partial charge is 0.378 e. The quantitative estimate of drug-likeness (QED) is 0.714. The SMILES string of the molecule is CCCOC1CC(C)(C)N(C)C(C)(C)C1. The first kappa shape index (κ1) is 13.0. The molecule has 1 saturated heterocycles. The van der Waals surface area contributed by atoms with E-state index in [0.717, 1.165) is 25.9 Å². The zero-order valence-electron chi connectivity index (χ0n) is 11.3. The van der Waals surface area contributed by atoms with Gasteiger partial charge in [-0.2, -0.15) is 0 Å². The first-order valence-corrected chi connectivity index (χ1v) is 6.15. The summed E-state index contributed by atoms with van der Waals surface area (Å²) in [6.45, 7) is 12.3. The van der Waals surface area contributed by atoms with Crippen LogP contribution in [0.3, 0.4) is 0 Å². The Balaban J connectivity index is 2.66. The van der Waals surface area contributed by atoms with E-state index >= 15 is 0 Å². The number of likely N-dealkylation sites (tertiary alicyclic amines) is 1. The average molecular weight is 213 g/mol. The molecule has 0 N–H and O–H groups in total. The van der Waals surface area contributed by atoms with E-state index in [9.17, 15) is 0 Å². The minimum atomic E-state index is 0.250. The van der Waals surface area contributed by atoms with Crippen LogP contribution in [0.4, 0.5) is 0 Å². The van der Waals surface area contributed by atoms with E-state index in [-0.39, 0.29) is 11.1 Å². The molecule has 90 valence electrons. The monoisotopic (exact) mass is 213 g/mol. The summed E-state index contributed by atoms with van der Waals surface area (Å²) < 4.78 is 5.93. The van der Waals surface area contributed by atoms with Gasteiger partial charge in [0.2, 0.25) is 0 Å². The third kappa shape index (κ3) is 2.94. The predicted molar refractivity (Wildman–Crippen MR) is 65.2 cm³/mol. The van der Waals surface area contributed by atoms with Crippen LogP contribution in [0.2, 0.25) is 0 Å². The minimum Gasteiger partial charge on any atom is -0.378 e. The molecule has 15 heavy (non-hydrogen) atoms. The lowest BCUT2D eigenvalue weighted by Gasteiger charge is -2.53. The molecule has 1 aliphatic heterocycles. The van der Waals surface area contributed by atoms with Crippen molar-refractivity contribution < 1.29 is 4.74 Å². The molecule has 0 amide bonds. The molecule has 2 heteroatoms. The maximum atomic E-state index is 5.93. The number of hydrogen-bond donors (Lipinski definition) is 0. The highest BCUT2D eigenvalue weighted by molar-refractivity contribution is 4.98. The van der Waals surface area contributed by atoms with Crippen molar-refractivity contribution in [1.82, 2.24) is 4.90 Å². The molecular formula is C13H27NO. The summed E-state index contributed by atoms with van der Waals surface area (Å²) in [6, 6.07) is 0. The molecule has 0 saturated carbocycles. The molecule has 0 aromatic rings. The van der Waals surface area contributed by atoms with Crippen molar-refractivity contribution in [3.05, 3.63) is 0 Å². The molecule has 0 bridgehead atoms. The Morgan fingerprint density at radius 3 is 2.00 bits per heavy atom. The number of nitrogens with zero attached hydrogens (tertiary/aromatic N) is 1. The Bertz CT molecular complexity index is 193. The molecule has 0 unspecified atom stereocenters. The number of hydrogen-bond acceptors (Lipinski definition) is 2. The predicted octanol–water partition coefficient (Wildman–Crippen LogP) is 3.06. The number of rotatable bonds is 3. The molecule has 0 radical (unpaired) electrons. The van der Waals surface area contributed by atoms with E-state index in [0.29, 0.717) is 6.10 Å². The van der Waals surface area contributed by atoms with Crippen LogP contribution in [-0.2, 0) is 4.74 Å². The second kappa shape index (κ2) is 4.42. The number of piperidine rings is 1. The molecule has 1 rings (SSSR count). The zero-order chi connectivity index (χ0) is 11.7. The fraction of sp³-hybridized carbons (Fsp3) is 1.00. The van der Waals surface area contributed by atoms with Gasteiger partial charge >= 0.3 is 0 Å². The zero-order valence-corrected chi connectivity index (χ0v) is 11.3. The van der Waals surface area contributed by atoms with Gasteiger partial charge < -0.3 is 4.74 Å². The highest BCUT2D eigenvalue weighted by Gasteiger charge is 2.43. The van der Waals surface area contributed by atoms with Crippen LogP contribution < -0.4 is 0 Å².